The van der Waals surface area contributed by atoms with Crippen molar-refractivity contribution in [1.29, 1.82) is 0 Å². The van der Waals surface area contributed by atoms with Crippen LogP contribution in [0.1, 0.15) is 0 Å². The van der Waals surface area contributed by atoms with Crippen molar-refractivity contribution in [3.63, 3.8) is 0 Å². The summed E-state index contributed by atoms with van der Waals surface area (Å²) >= 11 is 0. The fraction of sp³-hybridized carbons (Fsp3) is 0.0500. The standard InChI is InChI=1S/C40H32N2OS/c1-44(2)38-26-24-33(41(29-15-7-3-8-16-29)30-17-9-4-10-18-30)27-36(38)39-40(44)35-25-23-34(28-37(35)43-39)42(31-19-11-5-12-20-31)32-21-13-6-14-22-32/h3-28H,1-2H3. The van der Waals surface area contributed by atoms with Crippen LogP contribution in [0.3, 0.4) is 0 Å². The minimum absolute atomic E-state index is 0.920. The Balaban J connectivity index is 1.28. The fourth-order valence-electron chi connectivity index (χ4n) is 6.48. The minimum Gasteiger partial charge on any atom is -0.455 e. The van der Waals surface area contributed by atoms with Crippen LogP contribution in [0, 0.1) is 0 Å². The van der Waals surface area contributed by atoms with E-state index in [-0.39, 0.29) is 0 Å². The third-order valence-corrected chi connectivity index (χ3v) is 11.4. The molecule has 44 heavy (non-hydrogen) atoms. The minimum atomic E-state index is -1.28. The summed E-state index contributed by atoms with van der Waals surface area (Å²) in [4.78, 5) is 7.31. The first-order valence-electron chi connectivity index (χ1n) is 14.8. The fourth-order valence-corrected chi connectivity index (χ4v) is 9.14. The zero-order chi connectivity index (χ0) is 29.7. The van der Waals surface area contributed by atoms with Gasteiger partial charge in [-0.2, -0.15) is 10.0 Å². The molecule has 0 spiro atoms. The number of rotatable bonds is 6. The summed E-state index contributed by atoms with van der Waals surface area (Å²) in [7, 11) is -1.28. The van der Waals surface area contributed by atoms with Crippen molar-refractivity contribution in [3.8, 4) is 11.3 Å². The number of anilines is 6. The smallest absolute Gasteiger partial charge is 0.148 e. The molecular weight excluding hydrogens is 557 g/mol. The van der Waals surface area contributed by atoms with Crippen LogP contribution in [-0.2, 0) is 0 Å². The third-order valence-electron chi connectivity index (χ3n) is 8.47. The molecule has 0 bridgehead atoms. The molecule has 0 atom stereocenters. The molecule has 1 aliphatic heterocycles. The molecule has 3 nitrogen and oxygen atoms in total. The molecule has 0 saturated heterocycles. The van der Waals surface area contributed by atoms with E-state index in [1.54, 1.807) is 0 Å². The Bertz CT molecular complexity index is 2010. The number of fused-ring (bicyclic) bond motifs is 5. The average molecular weight is 589 g/mol. The summed E-state index contributed by atoms with van der Waals surface area (Å²) < 4.78 is 6.86. The van der Waals surface area contributed by atoms with Gasteiger partial charge in [0.25, 0.3) is 0 Å². The maximum Gasteiger partial charge on any atom is 0.148 e. The van der Waals surface area contributed by atoms with Gasteiger partial charge in [0.2, 0.25) is 0 Å². The van der Waals surface area contributed by atoms with Gasteiger partial charge in [0, 0.05) is 60.9 Å². The first kappa shape index (κ1) is 26.4. The second-order valence-corrected chi connectivity index (χ2v) is 15.0. The van der Waals surface area contributed by atoms with Crippen LogP contribution in [-0.4, -0.2) is 12.5 Å². The second-order valence-electron chi connectivity index (χ2n) is 11.5. The van der Waals surface area contributed by atoms with Crippen LogP contribution in [0.4, 0.5) is 34.1 Å². The maximum absolute atomic E-state index is 6.86. The lowest BCUT2D eigenvalue weighted by Gasteiger charge is -2.29. The van der Waals surface area contributed by atoms with E-state index in [0.717, 1.165) is 45.5 Å². The van der Waals surface area contributed by atoms with E-state index in [9.17, 15) is 0 Å². The molecule has 0 N–H and O–H groups in total. The molecule has 7 aromatic rings. The lowest BCUT2D eigenvalue weighted by molar-refractivity contribution is 0.625. The molecule has 8 rings (SSSR count). The first-order valence-corrected chi connectivity index (χ1v) is 17.3. The molecular formula is C40H32N2OS. The van der Waals surface area contributed by atoms with Gasteiger partial charge in [0.15, 0.2) is 0 Å². The highest BCUT2D eigenvalue weighted by atomic mass is 32.3. The van der Waals surface area contributed by atoms with Crippen LogP contribution in [0.15, 0.2) is 172 Å². The second kappa shape index (κ2) is 10.5. The molecule has 4 heteroatoms. The van der Waals surface area contributed by atoms with Gasteiger partial charge in [-0.15, -0.1) is 0 Å². The Labute approximate surface area is 259 Å². The summed E-state index contributed by atoms with van der Waals surface area (Å²) in [5.74, 6) is 1.00. The monoisotopic (exact) mass is 588 g/mol. The van der Waals surface area contributed by atoms with Crippen molar-refractivity contribution in [1.82, 2.24) is 0 Å². The van der Waals surface area contributed by atoms with Gasteiger partial charge < -0.3 is 14.2 Å². The van der Waals surface area contributed by atoms with Crippen molar-refractivity contribution < 1.29 is 4.42 Å². The summed E-state index contributed by atoms with van der Waals surface area (Å²) in [6.07, 6.45) is 4.79. The van der Waals surface area contributed by atoms with Crippen molar-refractivity contribution in [3.05, 3.63) is 158 Å². The number of hydrogen-bond donors (Lipinski definition) is 0. The molecule has 6 aromatic carbocycles. The molecule has 0 fully saturated rings. The molecule has 0 radical (unpaired) electrons. The Hall–Kier alpha value is -5.19. The summed E-state index contributed by atoms with van der Waals surface area (Å²) in [6, 6.07) is 55.8. The van der Waals surface area contributed by atoms with Gasteiger partial charge in [0.05, 0.1) is 0 Å². The molecule has 1 aliphatic rings. The van der Waals surface area contributed by atoms with Gasteiger partial charge in [-0.1, -0.05) is 72.8 Å². The van der Waals surface area contributed by atoms with Crippen LogP contribution in [0.25, 0.3) is 22.3 Å². The molecule has 0 saturated carbocycles. The molecule has 214 valence electrons. The van der Waals surface area contributed by atoms with Gasteiger partial charge in [0.1, 0.15) is 11.3 Å². The van der Waals surface area contributed by atoms with E-state index in [4.69, 9.17) is 4.42 Å². The molecule has 0 unspecified atom stereocenters. The van der Waals surface area contributed by atoms with Gasteiger partial charge in [-0.3, -0.25) is 0 Å². The van der Waals surface area contributed by atoms with Gasteiger partial charge >= 0.3 is 0 Å². The highest BCUT2D eigenvalue weighted by Crippen LogP contribution is 2.70. The van der Waals surface area contributed by atoms with E-state index in [1.165, 1.54) is 20.7 Å². The topological polar surface area (TPSA) is 19.6 Å². The number of hydrogen-bond acceptors (Lipinski definition) is 3. The van der Waals surface area contributed by atoms with E-state index < -0.39 is 10.0 Å². The predicted octanol–water partition coefficient (Wildman–Crippen LogP) is 11.8. The van der Waals surface area contributed by atoms with Crippen LogP contribution < -0.4 is 9.80 Å². The lowest BCUT2D eigenvalue weighted by atomic mass is 10.1. The SMILES string of the molecule is CS1(C)c2ccc(N(c3ccccc3)c3ccccc3)cc2-c2oc3cc(N(c4ccccc4)c4ccccc4)ccc3c21. The maximum atomic E-state index is 6.86. The Morgan fingerprint density at radius 1 is 0.455 bits per heavy atom. The van der Waals surface area contributed by atoms with Gasteiger partial charge in [-0.25, -0.2) is 0 Å². The largest absolute Gasteiger partial charge is 0.455 e. The van der Waals surface area contributed by atoms with Crippen molar-refractivity contribution >= 4 is 55.1 Å². The molecule has 1 aromatic heterocycles. The Morgan fingerprint density at radius 3 is 1.36 bits per heavy atom. The van der Waals surface area contributed by atoms with E-state index >= 15 is 0 Å². The Morgan fingerprint density at radius 2 is 0.886 bits per heavy atom. The zero-order valence-corrected chi connectivity index (χ0v) is 25.5. The number of benzene rings is 6. The normalized spacial score (nSPS) is 13.7. The van der Waals surface area contributed by atoms with E-state index in [0.29, 0.717) is 0 Å². The van der Waals surface area contributed by atoms with Crippen molar-refractivity contribution in [2.45, 2.75) is 9.79 Å². The summed E-state index contributed by atoms with van der Waals surface area (Å²) in [6.45, 7) is 0. The van der Waals surface area contributed by atoms with E-state index in [1.807, 2.05) is 0 Å². The molecule has 2 heterocycles. The number of furan rings is 1. The summed E-state index contributed by atoms with van der Waals surface area (Å²) in [5.41, 5.74) is 8.77. The highest BCUT2D eigenvalue weighted by molar-refractivity contribution is 8.33. The Kier molecular flexibility index (Phi) is 6.32. The third kappa shape index (κ3) is 4.30. The van der Waals surface area contributed by atoms with Crippen LogP contribution >= 0.6 is 10.0 Å². The number of para-hydroxylation sites is 4. The average Bonchev–Trinajstić information content (AvgIpc) is 3.56. The van der Waals surface area contributed by atoms with Crippen LogP contribution in [0.5, 0.6) is 0 Å². The number of nitrogens with zero attached hydrogens (tertiary/aromatic N) is 2. The lowest BCUT2D eigenvalue weighted by Crippen LogP contribution is -2.10. The van der Waals surface area contributed by atoms with E-state index in [2.05, 4.69) is 180 Å². The van der Waals surface area contributed by atoms with Gasteiger partial charge in [-0.05, 0) is 91.4 Å². The first-order chi connectivity index (χ1) is 21.6. The zero-order valence-electron chi connectivity index (χ0n) is 24.7. The predicted molar refractivity (Wildman–Crippen MR) is 187 cm³/mol. The quantitative estimate of drug-likeness (QED) is 0.193. The molecule has 0 amide bonds. The van der Waals surface area contributed by atoms with Crippen LogP contribution in [0.2, 0.25) is 0 Å². The summed E-state index contributed by atoms with van der Waals surface area (Å²) in [5, 5.41) is 1.20. The van der Waals surface area contributed by atoms with Crippen molar-refractivity contribution in [2.24, 2.45) is 0 Å². The van der Waals surface area contributed by atoms with Crippen molar-refractivity contribution in [2.75, 3.05) is 22.3 Å². The molecule has 0 aliphatic carbocycles. The highest BCUT2D eigenvalue weighted by Gasteiger charge is 2.37.